The summed E-state index contributed by atoms with van der Waals surface area (Å²) in [5, 5.41) is 4.75. The third-order valence-corrected chi connectivity index (χ3v) is 4.73. The lowest BCUT2D eigenvalue weighted by molar-refractivity contribution is -0.113. The quantitative estimate of drug-likeness (QED) is 0.852. The van der Waals surface area contributed by atoms with E-state index in [0.717, 1.165) is 10.0 Å². The van der Waals surface area contributed by atoms with Gasteiger partial charge in [0.05, 0.1) is 11.4 Å². The number of carbonyl (C=O) groups excluding carboxylic acids is 1. The predicted octanol–water partition coefficient (Wildman–Crippen LogP) is 4.31. The molecule has 6 heteroatoms. The van der Waals surface area contributed by atoms with Crippen molar-refractivity contribution < 1.29 is 9.18 Å². The zero-order valence-electron chi connectivity index (χ0n) is 12.1. The third-order valence-electron chi connectivity index (χ3n) is 2.71. The Bertz CT molecular complexity index is 617. The lowest BCUT2D eigenvalue weighted by Crippen LogP contribution is -2.14. The number of amides is 1. The van der Waals surface area contributed by atoms with Crippen LogP contribution in [0, 0.1) is 5.82 Å². The van der Waals surface area contributed by atoms with Gasteiger partial charge in [-0.25, -0.2) is 9.37 Å². The minimum absolute atomic E-state index is 0.0195. The second-order valence-electron chi connectivity index (χ2n) is 5.59. The van der Waals surface area contributed by atoms with E-state index in [-0.39, 0.29) is 22.9 Å². The predicted molar refractivity (Wildman–Crippen MR) is 86.6 cm³/mol. The molecule has 0 radical (unpaired) electrons. The Morgan fingerprint density at radius 2 is 2.00 bits per heavy atom. The van der Waals surface area contributed by atoms with Crippen LogP contribution < -0.4 is 5.32 Å². The first-order chi connectivity index (χ1) is 9.84. The normalized spacial score (nSPS) is 11.4. The summed E-state index contributed by atoms with van der Waals surface area (Å²) in [5.74, 6) is -0.159. The Hall–Kier alpha value is -1.40. The maximum absolute atomic E-state index is 12.8. The average molecular weight is 324 g/mol. The van der Waals surface area contributed by atoms with Crippen LogP contribution in [-0.4, -0.2) is 16.6 Å². The van der Waals surface area contributed by atoms with Crippen molar-refractivity contribution in [3.8, 4) is 0 Å². The van der Waals surface area contributed by atoms with E-state index in [0.29, 0.717) is 5.69 Å². The molecule has 0 bridgehead atoms. The van der Waals surface area contributed by atoms with Gasteiger partial charge in [0, 0.05) is 16.5 Å². The highest BCUT2D eigenvalue weighted by Crippen LogP contribution is 2.29. The maximum Gasteiger partial charge on any atom is 0.234 e. The second kappa shape index (κ2) is 6.58. The summed E-state index contributed by atoms with van der Waals surface area (Å²) in [6.07, 6.45) is 0. The van der Waals surface area contributed by atoms with Crippen LogP contribution in [0.5, 0.6) is 0 Å². The van der Waals surface area contributed by atoms with Gasteiger partial charge in [-0.05, 0) is 24.3 Å². The van der Waals surface area contributed by atoms with Gasteiger partial charge in [0.15, 0.2) is 4.34 Å². The van der Waals surface area contributed by atoms with Gasteiger partial charge < -0.3 is 5.32 Å². The largest absolute Gasteiger partial charge is 0.325 e. The van der Waals surface area contributed by atoms with Gasteiger partial charge >= 0.3 is 0 Å². The third kappa shape index (κ3) is 4.82. The summed E-state index contributed by atoms with van der Waals surface area (Å²) in [5.41, 5.74) is 1.65. The van der Waals surface area contributed by atoms with Gasteiger partial charge in [-0.15, -0.1) is 11.3 Å². The summed E-state index contributed by atoms with van der Waals surface area (Å²) in [6.45, 7) is 6.33. The van der Waals surface area contributed by atoms with Crippen molar-refractivity contribution in [1.29, 1.82) is 0 Å². The van der Waals surface area contributed by atoms with Crippen LogP contribution in [0.25, 0.3) is 0 Å². The molecule has 0 saturated heterocycles. The minimum atomic E-state index is -0.320. The smallest absolute Gasteiger partial charge is 0.234 e. The van der Waals surface area contributed by atoms with Gasteiger partial charge in [0.25, 0.3) is 0 Å². The van der Waals surface area contributed by atoms with Crippen molar-refractivity contribution in [3.05, 3.63) is 41.2 Å². The average Bonchev–Trinajstić information content (AvgIpc) is 2.88. The molecule has 112 valence electrons. The molecule has 3 nitrogen and oxygen atoms in total. The molecule has 0 aliphatic heterocycles. The van der Waals surface area contributed by atoms with Crippen molar-refractivity contribution >= 4 is 34.7 Å². The monoisotopic (exact) mass is 324 g/mol. The van der Waals surface area contributed by atoms with E-state index >= 15 is 0 Å². The molecule has 0 aliphatic carbocycles. The molecule has 2 rings (SSSR count). The Morgan fingerprint density at radius 1 is 1.33 bits per heavy atom. The number of anilines is 1. The molecule has 1 N–H and O–H groups in total. The molecule has 0 fully saturated rings. The number of rotatable bonds is 4. The van der Waals surface area contributed by atoms with Crippen LogP contribution in [0.1, 0.15) is 26.5 Å². The number of hydrogen-bond acceptors (Lipinski definition) is 4. The Balaban J connectivity index is 1.86. The number of nitrogens with one attached hydrogen (secondary N) is 1. The summed E-state index contributed by atoms with van der Waals surface area (Å²) in [4.78, 5) is 16.3. The molecule has 0 unspecified atom stereocenters. The molecule has 1 amide bonds. The Kier molecular flexibility index (Phi) is 5.00. The highest BCUT2D eigenvalue weighted by atomic mass is 32.2. The Labute approximate surface area is 132 Å². The number of nitrogens with zero attached hydrogens (tertiary/aromatic N) is 1. The molecular weight excluding hydrogens is 307 g/mol. The van der Waals surface area contributed by atoms with Gasteiger partial charge in [-0.3, -0.25) is 4.79 Å². The number of aromatic nitrogens is 1. The summed E-state index contributed by atoms with van der Waals surface area (Å²) in [7, 11) is 0. The molecule has 1 heterocycles. The summed E-state index contributed by atoms with van der Waals surface area (Å²) < 4.78 is 13.7. The van der Waals surface area contributed by atoms with Gasteiger partial charge in [-0.2, -0.15) is 0 Å². The van der Waals surface area contributed by atoms with Crippen molar-refractivity contribution in [2.75, 3.05) is 11.1 Å². The van der Waals surface area contributed by atoms with Crippen LogP contribution in [-0.2, 0) is 10.2 Å². The van der Waals surface area contributed by atoms with E-state index in [1.807, 2.05) is 5.38 Å². The fraction of sp³-hybridized carbons (Fsp3) is 0.333. The van der Waals surface area contributed by atoms with Crippen LogP contribution in [0.15, 0.2) is 34.0 Å². The van der Waals surface area contributed by atoms with Crippen LogP contribution in [0.2, 0.25) is 0 Å². The first-order valence-corrected chi connectivity index (χ1v) is 8.35. The van der Waals surface area contributed by atoms with E-state index in [4.69, 9.17) is 0 Å². The van der Waals surface area contributed by atoms with Crippen molar-refractivity contribution in [1.82, 2.24) is 4.98 Å². The molecule has 0 aliphatic rings. The second-order valence-corrected chi connectivity index (χ2v) is 7.67. The minimum Gasteiger partial charge on any atom is -0.325 e. The van der Waals surface area contributed by atoms with Crippen LogP contribution in [0.3, 0.4) is 0 Å². The fourth-order valence-corrected chi connectivity index (χ4v) is 3.38. The van der Waals surface area contributed by atoms with E-state index in [2.05, 4.69) is 31.1 Å². The fourth-order valence-electron chi connectivity index (χ4n) is 1.53. The van der Waals surface area contributed by atoms with Crippen LogP contribution >= 0.6 is 23.1 Å². The van der Waals surface area contributed by atoms with E-state index in [1.165, 1.54) is 23.9 Å². The summed E-state index contributed by atoms with van der Waals surface area (Å²) >= 11 is 2.96. The number of carbonyl (C=O) groups is 1. The standard InChI is InChI=1S/C15H17FN2OS2/c1-15(2,3)12-8-20-14(18-12)21-9-13(19)17-11-6-4-10(16)5-7-11/h4-8H,9H2,1-3H3,(H,17,19). The molecular formula is C15H17FN2OS2. The number of benzene rings is 1. The van der Waals surface area contributed by atoms with Gasteiger partial charge in [0.1, 0.15) is 5.82 Å². The van der Waals surface area contributed by atoms with Gasteiger partial charge in [-0.1, -0.05) is 32.5 Å². The summed E-state index contributed by atoms with van der Waals surface area (Å²) in [6, 6.07) is 5.72. The topological polar surface area (TPSA) is 42.0 Å². The Morgan fingerprint density at radius 3 is 2.57 bits per heavy atom. The van der Waals surface area contributed by atoms with E-state index in [9.17, 15) is 9.18 Å². The molecule has 0 saturated carbocycles. The zero-order chi connectivity index (χ0) is 15.5. The molecule has 21 heavy (non-hydrogen) atoms. The number of thioether (sulfide) groups is 1. The van der Waals surface area contributed by atoms with Crippen molar-refractivity contribution in [2.45, 2.75) is 30.5 Å². The number of halogens is 1. The maximum atomic E-state index is 12.8. The first-order valence-electron chi connectivity index (χ1n) is 6.49. The van der Waals surface area contributed by atoms with Gasteiger partial charge in [0.2, 0.25) is 5.91 Å². The van der Waals surface area contributed by atoms with Crippen molar-refractivity contribution in [3.63, 3.8) is 0 Å². The zero-order valence-corrected chi connectivity index (χ0v) is 13.8. The SMILES string of the molecule is CC(C)(C)c1csc(SCC(=O)Nc2ccc(F)cc2)n1. The molecule has 1 aromatic heterocycles. The molecule has 2 aromatic rings. The molecule has 0 atom stereocenters. The molecule has 1 aromatic carbocycles. The first kappa shape index (κ1) is 16.0. The lowest BCUT2D eigenvalue weighted by atomic mass is 9.93. The number of thiazole rings is 1. The lowest BCUT2D eigenvalue weighted by Gasteiger charge is -2.14. The van der Waals surface area contributed by atoms with Crippen LogP contribution in [0.4, 0.5) is 10.1 Å². The number of hydrogen-bond donors (Lipinski definition) is 1. The van der Waals surface area contributed by atoms with Crippen molar-refractivity contribution in [2.24, 2.45) is 0 Å². The van der Waals surface area contributed by atoms with E-state index < -0.39 is 0 Å². The van der Waals surface area contributed by atoms with E-state index in [1.54, 1.807) is 23.5 Å². The molecule has 0 spiro atoms. The highest BCUT2D eigenvalue weighted by molar-refractivity contribution is 8.01. The highest BCUT2D eigenvalue weighted by Gasteiger charge is 2.17.